The third kappa shape index (κ3) is 3.38. The summed E-state index contributed by atoms with van der Waals surface area (Å²) >= 11 is 0. The maximum atomic E-state index is 12.4. The summed E-state index contributed by atoms with van der Waals surface area (Å²) in [5, 5.41) is 13.2. The number of para-hydroxylation sites is 1. The number of hydrogen-bond donors (Lipinski definition) is 1. The van der Waals surface area contributed by atoms with Gasteiger partial charge >= 0.3 is 6.03 Å². The van der Waals surface area contributed by atoms with Crippen LogP contribution in [0.4, 0.5) is 10.5 Å². The van der Waals surface area contributed by atoms with Crippen molar-refractivity contribution < 1.29 is 23.7 Å². The summed E-state index contributed by atoms with van der Waals surface area (Å²) in [5.41, 5.74) is -0.171. The predicted molar refractivity (Wildman–Crippen MR) is 94.2 cm³/mol. The molecule has 0 radical (unpaired) electrons. The molecule has 1 aliphatic rings. The van der Waals surface area contributed by atoms with Crippen molar-refractivity contribution in [2.75, 3.05) is 6.54 Å². The first-order valence-electron chi connectivity index (χ1n) is 7.75. The molecule has 1 fully saturated rings. The van der Waals surface area contributed by atoms with Crippen molar-refractivity contribution in [3.05, 3.63) is 70.5 Å². The van der Waals surface area contributed by atoms with Gasteiger partial charge in [-0.1, -0.05) is 18.2 Å². The summed E-state index contributed by atoms with van der Waals surface area (Å²) < 4.78 is 5.55. The molecule has 9 nitrogen and oxygen atoms in total. The first kappa shape index (κ1) is 17.8. The van der Waals surface area contributed by atoms with Crippen LogP contribution in [0, 0.1) is 10.1 Å². The van der Waals surface area contributed by atoms with E-state index in [4.69, 9.17) is 4.42 Å². The highest BCUT2D eigenvalue weighted by Crippen LogP contribution is 2.31. The fraction of sp³-hybridized carbons (Fsp3) is 0.0556. The first-order valence-corrected chi connectivity index (χ1v) is 7.75. The van der Waals surface area contributed by atoms with Crippen LogP contribution in [0.5, 0.6) is 0 Å². The molecule has 1 aromatic carbocycles. The van der Waals surface area contributed by atoms with Gasteiger partial charge in [0.25, 0.3) is 17.5 Å². The van der Waals surface area contributed by atoms with Gasteiger partial charge in [-0.3, -0.25) is 29.9 Å². The monoisotopic (exact) mass is 367 g/mol. The van der Waals surface area contributed by atoms with Crippen LogP contribution < -0.4 is 5.32 Å². The number of hydrogen-bond acceptors (Lipinski definition) is 6. The highest BCUT2D eigenvalue weighted by Gasteiger charge is 2.35. The largest absolute Gasteiger partial charge is 0.456 e. The van der Waals surface area contributed by atoms with E-state index in [-0.39, 0.29) is 34.9 Å². The highest BCUT2D eigenvalue weighted by atomic mass is 16.6. The van der Waals surface area contributed by atoms with E-state index < -0.39 is 22.8 Å². The van der Waals surface area contributed by atoms with E-state index in [1.54, 1.807) is 6.07 Å². The van der Waals surface area contributed by atoms with E-state index in [9.17, 15) is 24.5 Å². The maximum absolute atomic E-state index is 12.4. The van der Waals surface area contributed by atoms with Crippen LogP contribution in [0.3, 0.4) is 0 Å². The Labute approximate surface area is 152 Å². The molecule has 1 N–H and O–H groups in total. The van der Waals surface area contributed by atoms with Crippen LogP contribution in [0.25, 0.3) is 17.4 Å². The summed E-state index contributed by atoms with van der Waals surface area (Å²) in [6.45, 7) is 3.40. The van der Waals surface area contributed by atoms with Crippen LogP contribution in [0.2, 0.25) is 0 Å². The Balaban J connectivity index is 1.96. The van der Waals surface area contributed by atoms with Crippen LogP contribution in [-0.4, -0.2) is 34.2 Å². The molecule has 1 saturated heterocycles. The Morgan fingerprint density at radius 3 is 2.63 bits per heavy atom. The van der Waals surface area contributed by atoms with Crippen molar-refractivity contribution in [2.24, 2.45) is 0 Å². The van der Waals surface area contributed by atoms with Crippen molar-refractivity contribution >= 4 is 29.6 Å². The number of nitro benzene ring substituents is 1. The Hall–Kier alpha value is -4.01. The molecule has 9 heteroatoms. The number of rotatable bonds is 5. The number of nitro groups is 1. The number of amides is 4. The summed E-state index contributed by atoms with van der Waals surface area (Å²) in [6.07, 6.45) is 2.53. The number of benzene rings is 1. The van der Waals surface area contributed by atoms with Crippen LogP contribution in [0.15, 0.2) is 59.0 Å². The van der Waals surface area contributed by atoms with Crippen LogP contribution in [0.1, 0.15) is 5.76 Å². The van der Waals surface area contributed by atoms with Gasteiger partial charge in [0, 0.05) is 12.6 Å². The van der Waals surface area contributed by atoms with Crippen molar-refractivity contribution in [1.29, 1.82) is 0 Å². The summed E-state index contributed by atoms with van der Waals surface area (Å²) in [6, 6.07) is 8.15. The molecule has 0 unspecified atom stereocenters. The first-order chi connectivity index (χ1) is 12.9. The summed E-state index contributed by atoms with van der Waals surface area (Å²) in [5.74, 6) is -1.30. The lowest BCUT2D eigenvalue weighted by atomic mass is 10.1. The fourth-order valence-corrected chi connectivity index (χ4v) is 2.55. The molecule has 3 rings (SSSR count). The highest BCUT2D eigenvalue weighted by molar-refractivity contribution is 6.30. The van der Waals surface area contributed by atoms with Gasteiger partial charge in [-0.05, 0) is 24.3 Å². The number of urea groups is 1. The van der Waals surface area contributed by atoms with Crippen molar-refractivity contribution in [2.45, 2.75) is 0 Å². The SMILES string of the molecule is C=CCN1C(=O)NC(=O)/C(=C\c2ccc(-c3ccccc3[N+](=O)[O-])o2)C1=O. The average molecular weight is 367 g/mol. The molecule has 0 atom stereocenters. The number of barbiturate groups is 1. The van der Waals surface area contributed by atoms with Gasteiger partial charge in [0.2, 0.25) is 0 Å². The number of imide groups is 2. The number of furan rings is 1. The summed E-state index contributed by atoms with van der Waals surface area (Å²) in [4.78, 5) is 47.5. The molecule has 0 aliphatic carbocycles. The number of carbonyl (C=O) groups excluding carboxylic acids is 3. The Morgan fingerprint density at radius 1 is 1.19 bits per heavy atom. The van der Waals surface area contributed by atoms with Crippen molar-refractivity contribution in [3.8, 4) is 11.3 Å². The van der Waals surface area contributed by atoms with E-state index in [1.165, 1.54) is 42.5 Å². The van der Waals surface area contributed by atoms with E-state index in [0.29, 0.717) is 0 Å². The third-order valence-electron chi connectivity index (χ3n) is 3.78. The molecule has 1 aliphatic heterocycles. The molecule has 1 aromatic heterocycles. The second-order valence-corrected chi connectivity index (χ2v) is 5.50. The lowest BCUT2D eigenvalue weighted by molar-refractivity contribution is -0.384. The lowest BCUT2D eigenvalue weighted by Gasteiger charge is -2.24. The number of carbonyl (C=O) groups is 3. The van der Waals surface area contributed by atoms with Gasteiger partial charge in [-0.15, -0.1) is 6.58 Å². The average Bonchev–Trinajstić information content (AvgIpc) is 3.10. The standard InChI is InChI=1S/C18H13N3O6/c1-2-9-20-17(23)13(16(22)19-18(20)24)10-11-7-8-15(27-11)12-5-3-4-6-14(12)21(25)26/h2-8,10H,1,9H2,(H,19,22,24)/b13-10+. The van der Waals surface area contributed by atoms with Crippen LogP contribution >= 0.6 is 0 Å². The molecular weight excluding hydrogens is 354 g/mol. The molecule has 2 heterocycles. The molecule has 27 heavy (non-hydrogen) atoms. The quantitative estimate of drug-likeness (QED) is 0.285. The third-order valence-corrected chi connectivity index (χ3v) is 3.78. The minimum absolute atomic E-state index is 0.0606. The lowest BCUT2D eigenvalue weighted by Crippen LogP contribution is -2.54. The fourth-order valence-electron chi connectivity index (χ4n) is 2.55. The predicted octanol–water partition coefficient (Wildman–Crippen LogP) is 2.50. The van der Waals surface area contributed by atoms with Crippen molar-refractivity contribution in [3.63, 3.8) is 0 Å². The van der Waals surface area contributed by atoms with Gasteiger partial charge in [-0.25, -0.2) is 4.79 Å². The molecule has 0 spiro atoms. The van der Waals surface area contributed by atoms with E-state index in [1.807, 2.05) is 0 Å². The number of nitrogens with zero attached hydrogens (tertiary/aromatic N) is 2. The minimum Gasteiger partial charge on any atom is -0.456 e. The zero-order valence-corrected chi connectivity index (χ0v) is 13.9. The Morgan fingerprint density at radius 2 is 1.93 bits per heavy atom. The van der Waals surface area contributed by atoms with Crippen LogP contribution in [-0.2, 0) is 9.59 Å². The van der Waals surface area contributed by atoms with Gasteiger partial charge in [0.15, 0.2) is 0 Å². The minimum atomic E-state index is -0.853. The molecule has 136 valence electrons. The zero-order chi connectivity index (χ0) is 19.6. The Kier molecular flexibility index (Phi) is 4.67. The molecule has 0 bridgehead atoms. The maximum Gasteiger partial charge on any atom is 0.331 e. The number of nitrogens with one attached hydrogen (secondary N) is 1. The second kappa shape index (κ2) is 7.08. The smallest absolute Gasteiger partial charge is 0.331 e. The van der Waals surface area contributed by atoms with Crippen molar-refractivity contribution in [1.82, 2.24) is 10.2 Å². The Bertz CT molecular complexity index is 1000. The van der Waals surface area contributed by atoms with E-state index in [2.05, 4.69) is 11.9 Å². The van der Waals surface area contributed by atoms with Gasteiger partial charge in [0.05, 0.1) is 10.5 Å². The molecule has 2 aromatic rings. The normalized spacial score (nSPS) is 15.8. The topological polar surface area (TPSA) is 123 Å². The molecular formula is C18H13N3O6. The molecule has 0 saturated carbocycles. The van der Waals surface area contributed by atoms with E-state index >= 15 is 0 Å². The van der Waals surface area contributed by atoms with E-state index in [0.717, 1.165) is 4.90 Å². The molecule has 4 amide bonds. The van der Waals surface area contributed by atoms with Gasteiger partial charge in [-0.2, -0.15) is 0 Å². The van der Waals surface area contributed by atoms with Gasteiger partial charge < -0.3 is 4.42 Å². The zero-order valence-electron chi connectivity index (χ0n) is 13.9. The summed E-state index contributed by atoms with van der Waals surface area (Å²) in [7, 11) is 0. The van der Waals surface area contributed by atoms with Gasteiger partial charge in [0.1, 0.15) is 17.1 Å². The second-order valence-electron chi connectivity index (χ2n) is 5.50.